The zero-order valence-corrected chi connectivity index (χ0v) is 28.1. The van der Waals surface area contributed by atoms with Crippen LogP contribution in [0.5, 0.6) is 0 Å². The molecule has 1 amide bonds. The number of hydrogen-bond donors (Lipinski definition) is 2. The minimum atomic E-state index is -4.55. The topological polar surface area (TPSA) is 108 Å². The van der Waals surface area contributed by atoms with Crippen molar-refractivity contribution in [3.8, 4) is 0 Å². The molecule has 0 fully saturated rings. The Morgan fingerprint density at radius 3 is 1.90 bits per heavy atom. The van der Waals surface area contributed by atoms with Crippen molar-refractivity contribution in [2.45, 2.75) is 148 Å². The van der Waals surface area contributed by atoms with Crippen molar-refractivity contribution in [1.82, 2.24) is 5.32 Å². The zero-order chi connectivity index (χ0) is 30.8. The second kappa shape index (κ2) is 25.7. The summed E-state index contributed by atoms with van der Waals surface area (Å²) in [5.74, 6) is -0.185. The van der Waals surface area contributed by atoms with Gasteiger partial charge in [0, 0.05) is 6.42 Å². The fourth-order valence-electron chi connectivity index (χ4n) is 4.50. The lowest BCUT2D eigenvalue weighted by molar-refractivity contribution is -0.870. The van der Waals surface area contributed by atoms with E-state index >= 15 is 0 Å². The average Bonchev–Trinajstić information content (AvgIpc) is 2.90. The van der Waals surface area contributed by atoms with Crippen LogP contribution in [0.25, 0.3) is 0 Å². The number of amides is 1. The number of carbonyl (C=O) groups is 1. The second-order valence-corrected chi connectivity index (χ2v) is 13.9. The van der Waals surface area contributed by atoms with Gasteiger partial charge in [-0.1, -0.05) is 103 Å². The highest BCUT2D eigenvalue weighted by atomic mass is 31.2. The molecule has 1 unspecified atom stereocenters. The Balaban J connectivity index is 4.59. The Bertz CT molecular complexity index is 698. The maximum Gasteiger partial charge on any atom is 0.268 e. The number of phosphoric ester groups is 1. The minimum absolute atomic E-state index is 0.00842. The second-order valence-electron chi connectivity index (χ2n) is 12.5. The van der Waals surface area contributed by atoms with Crippen molar-refractivity contribution in [2.75, 3.05) is 40.9 Å². The standard InChI is InChI=1S/C32H65N2O6P/c1-6-8-10-12-14-15-16-17-18-20-21-23-25-31(35)30(29-40-41(37,38)39-28-27-34(3,4)5)33-32(36)26-24-22-19-13-11-9-7-2/h17-18,30-31,35H,6-16,19-29H2,1-5H3,(H-,33,36,37,38)/b18-17+/t30-,31+/m0/s1. The van der Waals surface area contributed by atoms with Crippen molar-refractivity contribution >= 4 is 13.7 Å². The van der Waals surface area contributed by atoms with Crippen LogP contribution in [0.15, 0.2) is 12.2 Å². The van der Waals surface area contributed by atoms with Crippen LogP contribution < -0.4 is 10.2 Å². The molecule has 2 N–H and O–H groups in total. The maximum absolute atomic E-state index is 12.6. The van der Waals surface area contributed by atoms with Gasteiger partial charge >= 0.3 is 0 Å². The smallest absolute Gasteiger partial charge is 0.268 e. The molecule has 244 valence electrons. The van der Waals surface area contributed by atoms with Crippen LogP contribution in [-0.2, 0) is 18.4 Å². The number of nitrogens with zero attached hydrogens (tertiary/aromatic N) is 1. The third-order valence-corrected chi connectivity index (χ3v) is 8.22. The molecule has 0 aromatic heterocycles. The van der Waals surface area contributed by atoms with Crippen LogP contribution >= 0.6 is 7.82 Å². The first kappa shape index (κ1) is 40.2. The molecule has 0 heterocycles. The number of quaternary nitrogens is 1. The molecule has 0 saturated heterocycles. The molecule has 0 aliphatic carbocycles. The molecule has 0 aromatic rings. The Hall–Kier alpha value is -0.760. The summed E-state index contributed by atoms with van der Waals surface area (Å²) in [6.07, 6.45) is 23.7. The zero-order valence-electron chi connectivity index (χ0n) is 27.2. The number of unbranched alkanes of at least 4 members (excludes halogenated alkanes) is 14. The molecule has 0 radical (unpaired) electrons. The molecule has 8 nitrogen and oxygen atoms in total. The Kier molecular flexibility index (Phi) is 25.2. The molecule has 0 bridgehead atoms. The molecular formula is C32H65N2O6P. The summed E-state index contributed by atoms with van der Waals surface area (Å²) in [6.45, 7) is 4.60. The van der Waals surface area contributed by atoms with Crippen LogP contribution in [-0.4, -0.2) is 68.5 Å². The maximum atomic E-state index is 12.6. The Morgan fingerprint density at radius 1 is 0.829 bits per heavy atom. The summed E-state index contributed by atoms with van der Waals surface area (Å²) in [4.78, 5) is 24.9. The lowest BCUT2D eigenvalue weighted by atomic mass is 10.0. The predicted octanol–water partition coefficient (Wildman–Crippen LogP) is 7.05. The van der Waals surface area contributed by atoms with E-state index in [1.807, 2.05) is 21.1 Å². The van der Waals surface area contributed by atoms with Crippen molar-refractivity contribution in [3.63, 3.8) is 0 Å². The summed E-state index contributed by atoms with van der Waals surface area (Å²) < 4.78 is 23.0. The van der Waals surface area contributed by atoms with Gasteiger partial charge in [0.15, 0.2) is 0 Å². The largest absolute Gasteiger partial charge is 0.756 e. The third kappa shape index (κ3) is 27.8. The fourth-order valence-corrected chi connectivity index (χ4v) is 5.22. The number of rotatable bonds is 29. The summed E-state index contributed by atoms with van der Waals surface area (Å²) in [6, 6.07) is -0.806. The van der Waals surface area contributed by atoms with Crippen molar-refractivity contribution in [3.05, 3.63) is 12.2 Å². The van der Waals surface area contributed by atoms with Crippen LogP contribution in [0.4, 0.5) is 0 Å². The quantitative estimate of drug-likeness (QED) is 0.0410. The molecule has 0 aliphatic heterocycles. The highest BCUT2D eigenvalue weighted by Crippen LogP contribution is 2.38. The first-order valence-electron chi connectivity index (χ1n) is 16.5. The van der Waals surface area contributed by atoms with E-state index in [9.17, 15) is 19.4 Å². The van der Waals surface area contributed by atoms with Gasteiger partial charge in [0.25, 0.3) is 7.82 Å². The number of aliphatic hydroxyl groups is 1. The van der Waals surface area contributed by atoms with Crippen LogP contribution in [0, 0.1) is 0 Å². The van der Waals surface area contributed by atoms with Gasteiger partial charge in [-0.25, -0.2) is 0 Å². The SMILES string of the molecule is CCCCCCCC/C=C/CCCC[C@@H](O)[C@H](COP(=O)([O-])OCC[N+](C)(C)C)NC(=O)CCCCCCCCC. The van der Waals surface area contributed by atoms with E-state index < -0.39 is 20.0 Å². The van der Waals surface area contributed by atoms with Gasteiger partial charge in [-0.05, 0) is 38.5 Å². The van der Waals surface area contributed by atoms with E-state index in [4.69, 9.17) is 9.05 Å². The number of aliphatic hydroxyl groups excluding tert-OH is 1. The van der Waals surface area contributed by atoms with E-state index in [1.165, 1.54) is 64.2 Å². The fraction of sp³-hybridized carbons (Fsp3) is 0.906. The van der Waals surface area contributed by atoms with Crippen LogP contribution in [0.2, 0.25) is 0 Å². The lowest BCUT2D eigenvalue weighted by Crippen LogP contribution is -2.46. The van der Waals surface area contributed by atoms with Gasteiger partial charge in [-0.2, -0.15) is 0 Å². The van der Waals surface area contributed by atoms with Crippen molar-refractivity contribution in [2.24, 2.45) is 0 Å². The Labute approximate surface area is 252 Å². The van der Waals surface area contributed by atoms with E-state index in [0.717, 1.165) is 44.9 Å². The number of phosphoric acid groups is 1. The van der Waals surface area contributed by atoms with Crippen LogP contribution in [0.1, 0.15) is 136 Å². The van der Waals surface area contributed by atoms with Gasteiger partial charge in [-0.3, -0.25) is 9.36 Å². The molecule has 0 aliphatic rings. The molecule has 0 aromatic carbocycles. The van der Waals surface area contributed by atoms with E-state index in [0.29, 0.717) is 23.9 Å². The monoisotopic (exact) mass is 604 g/mol. The molecule has 0 saturated carbocycles. The number of hydrogen-bond acceptors (Lipinski definition) is 6. The summed E-state index contributed by atoms with van der Waals surface area (Å²) in [7, 11) is 1.28. The van der Waals surface area contributed by atoms with Gasteiger partial charge in [0.05, 0.1) is 39.9 Å². The third-order valence-electron chi connectivity index (χ3n) is 7.25. The Morgan fingerprint density at radius 2 is 1.34 bits per heavy atom. The number of nitrogens with one attached hydrogen (secondary N) is 1. The van der Waals surface area contributed by atoms with E-state index in [-0.39, 0.29) is 19.1 Å². The highest BCUT2D eigenvalue weighted by Gasteiger charge is 2.24. The van der Waals surface area contributed by atoms with Gasteiger partial charge in [0.1, 0.15) is 13.2 Å². The molecule has 9 heteroatoms. The molecular weight excluding hydrogens is 539 g/mol. The molecule has 0 rings (SSSR count). The van der Waals surface area contributed by atoms with Crippen LogP contribution in [0.3, 0.4) is 0 Å². The van der Waals surface area contributed by atoms with Crippen molar-refractivity contribution < 1.29 is 32.9 Å². The summed E-state index contributed by atoms with van der Waals surface area (Å²) in [5, 5.41) is 13.7. The number of likely N-dealkylation sites (N-methyl/N-ethyl adjacent to an activating group) is 1. The minimum Gasteiger partial charge on any atom is -0.756 e. The van der Waals surface area contributed by atoms with E-state index in [2.05, 4.69) is 31.3 Å². The molecule has 0 spiro atoms. The number of allylic oxidation sites excluding steroid dienone is 2. The van der Waals surface area contributed by atoms with Gasteiger partial charge in [0.2, 0.25) is 5.91 Å². The number of carbonyl (C=O) groups excluding carboxylic acids is 1. The molecule has 3 atom stereocenters. The van der Waals surface area contributed by atoms with Gasteiger partial charge in [-0.15, -0.1) is 0 Å². The highest BCUT2D eigenvalue weighted by molar-refractivity contribution is 7.45. The first-order chi connectivity index (χ1) is 19.5. The average molecular weight is 605 g/mol. The van der Waals surface area contributed by atoms with E-state index in [1.54, 1.807) is 0 Å². The van der Waals surface area contributed by atoms with Gasteiger partial charge < -0.3 is 28.8 Å². The van der Waals surface area contributed by atoms with Crippen molar-refractivity contribution in [1.29, 1.82) is 0 Å². The normalized spacial score (nSPS) is 15.2. The molecule has 41 heavy (non-hydrogen) atoms. The first-order valence-corrected chi connectivity index (χ1v) is 18.0. The lowest BCUT2D eigenvalue weighted by Gasteiger charge is -2.30. The predicted molar refractivity (Wildman–Crippen MR) is 169 cm³/mol. The summed E-state index contributed by atoms with van der Waals surface area (Å²) in [5.41, 5.74) is 0. The summed E-state index contributed by atoms with van der Waals surface area (Å²) >= 11 is 0.